The molecule has 8 heteroatoms. The molecule has 0 unspecified atom stereocenters. The van der Waals surface area contributed by atoms with Gasteiger partial charge in [-0.1, -0.05) is 11.6 Å². The highest BCUT2D eigenvalue weighted by Gasteiger charge is 2.12. The molecule has 1 aromatic heterocycles. The van der Waals surface area contributed by atoms with Gasteiger partial charge in [-0.25, -0.2) is 10.4 Å². The lowest BCUT2D eigenvalue weighted by atomic mass is 10.2. The fourth-order valence-corrected chi connectivity index (χ4v) is 2.23. The number of H-pyrrole nitrogens is 1. The quantitative estimate of drug-likeness (QED) is 0.617. The van der Waals surface area contributed by atoms with Crippen LogP contribution < -0.4 is 20.5 Å². The molecule has 0 aliphatic rings. The molecule has 2 N–H and O–H groups in total. The number of anilines is 1. The minimum absolute atomic E-state index is 0.0261. The van der Waals surface area contributed by atoms with Gasteiger partial charge >= 0.3 is 0 Å². The second-order valence-electron chi connectivity index (χ2n) is 5.31. The van der Waals surface area contributed by atoms with Crippen LogP contribution in [0.15, 0.2) is 28.1 Å². The average Bonchev–Trinajstić information content (AvgIpc) is 2.48. The molecule has 0 atom stereocenters. The number of methoxy groups -OCH3 is 1. The number of hydrogen-bond acceptors (Lipinski definition) is 6. The Morgan fingerprint density at radius 3 is 2.75 bits per heavy atom. The van der Waals surface area contributed by atoms with Gasteiger partial charge in [-0.3, -0.25) is 9.78 Å². The Morgan fingerprint density at radius 2 is 2.12 bits per heavy atom. The zero-order chi connectivity index (χ0) is 17.7. The van der Waals surface area contributed by atoms with Crippen molar-refractivity contribution in [3.8, 4) is 11.5 Å². The number of nitrogens with zero attached hydrogens (tertiary/aromatic N) is 2. The summed E-state index contributed by atoms with van der Waals surface area (Å²) in [6.07, 6.45) is 1.51. The van der Waals surface area contributed by atoms with Crippen molar-refractivity contribution in [1.82, 2.24) is 9.97 Å². The molecular formula is C16H19ClN4O3. The van der Waals surface area contributed by atoms with Crippen LogP contribution in [-0.2, 0) is 0 Å². The smallest absolute Gasteiger partial charge is 0.252 e. The lowest BCUT2D eigenvalue weighted by molar-refractivity contribution is 0.230. The highest BCUT2D eigenvalue weighted by Crippen LogP contribution is 2.36. The molecule has 0 fully saturated rings. The standard InChI is InChI=1S/C16H19ClN4O3/c1-9(2)24-15-12(17)6-11(7-13(15)23-4)8-18-21-16-19-10(3)5-14(22)20-16/h5-9H,1-4H3,(H2,19,20,21,22)/b18-8-. The summed E-state index contributed by atoms with van der Waals surface area (Å²) in [7, 11) is 1.54. The van der Waals surface area contributed by atoms with Gasteiger partial charge in [0.25, 0.3) is 5.56 Å². The van der Waals surface area contributed by atoms with Crippen LogP contribution in [-0.4, -0.2) is 29.4 Å². The maximum absolute atomic E-state index is 11.4. The number of aromatic amines is 1. The number of benzene rings is 1. The van der Waals surface area contributed by atoms with Gasteiger partial charge in [0.1, 0.15) is 0 Å². The summed E-state index contributed by atoms with van der Waals surface area (Å²) >= 11 is 6.25. The van der Waals surface area contributed by atoms with Crippen LogP contribution in [0.1, 0.15) is 25.1 Å². The Bertz CT molecular complexity index is 802. The first-order valence-electron chi connectivity index (χ1n) is 7.30. The summed E-state index contributed by atoms with van der Waals surface area (Å²) in [5.41, 5.74) is 3.71. The Kier molecular flexibility index (Phi) is 5.81. The van der Waals surface area contributed by atoms with Crippen molar-refractivity contribution in [2.24, 2.45) is 5.10 Å². The number of hydrazone groups is 1. The third-order valence-corrected chi connectivity index (χ3v) is 3.14. The van der Waals surface area contributed by atoms with E-state index >= 15 is 0 Å². The van der Waals surface area contributed by atoms with Gasteiger partial charge in [0, 0.05) is 11.8 Å². The average molecular weight is 351 g/mol. The first-order chi connectivity index (χ1) is 11.4. The van der Waals surface area contributed by atoms with Crippen LogP contribution in [0.25, 0.3) is 0 Å². The molecular weight excluding hydrogens is 332 g/mol. The SMILES string of the molecule is COc1cc(/C=N\Nc2nc(C)cc(=O)[nH]2)cc(Cl)c1OC(C)C. The summed E-state index contributed by atoms with van der Waals surface area (Å²) in [6.45, 7) is 5.54. The number of nitrogens with one attached hydrogen (secondary N) is 2. The summed E-state index contributed by atoms with van der Waals surface area (Å²) < 4.78 is 11.0. The lowest BCUT2D eigenvalue weighted by Gasteiger charge is -2.15. The van der Waals surface area contributed by atoms with Crippen molar-refractivity contribution in [2.75, 3.05) is 12.5 Å². The molecule has 2 rings (SSSR count). The van der Waals surface area contributed by atoms with Gasteiger partial charge in [-0.2, -0.15) is 5.10 Å². The molecule has 2 aromatic rings. The highest BCUT2D eigenvalue weighted by atomic mass is 35.5. The summed E-state index contributed by atoms with van der Waals surface area (Å²) in [5.74, 6) is 1.26. The van der Waals surface area contributed by atoms with Crippen LogP contribution in [0.5, 0.6) is 11.5 Å². The molecule has 0 saturated carbocycles. The van der Waals surface area contributed by atoms with Crippen LogP contribution in [0, 0.1) is 6.92 Å². The van der Waals surface area contributed by atoms with Crippen molar-refractivity contribution < 1.29 is 9.47 Å². The predicted molar refractivity (Wildman–Crippen MR) is 94.6 cm³/mol. The van der Waals surface area contributed by atoms with Crippen molar-refractivity contribution in [3.63, 3.8) is 0 Å². The summed E-state index contributed by atoms with van der Waals surface area (Å²) in [4.78, 5) is 18.0. The predicted octanol–water partition coefficient (Wildman–Crippen LogP) is 2.97. The first kappa shape index (κ1) is 17.8. The lowest BCUT2D eigenvalue weighted by Crippen LogP contribution is -2.10. The molecule has 1 heterocycles. The van der Waals surface area contributed by atoms with E-state index in [1.54, 1.807) is 26.2 Å². The topological polar surface area (TPSA) is 88.6 Å². The van der Waals surface area contributed by atoms with Gasteiger partial charge in [0.15, 0.2) is 11.5 Å². The molecule has 0 radical (unpaired) electrons. The van der Waals surface area contributed by atoms with E-state index in [1.165, 1.54) is 12.3 Å². The molecule has 1 aromatic carbocycles. The molecule has 0 bridgehead atoms. The first-order valence-corrected chi connectivity index (χ1v) is 7.68. The fourth-order valence-electron chi connectivity index (χ4n) is 1.96. The van der Waals surface area contributed by atoms with Crippen molar-refractivity contribution in [3.05, 3.63) is 44.8 Å². The van der Waals surface area contributed by atoms with E-state index in [0.717, 1.165) is 0 Å². The number of aromatic nitrogens is 2. The highest BCUT2D eigenvalue weighted by molar-refractivity contribution is 6.32. The molecule has 0 aliphatic heterocycles. The largest absolute Gasteiger partial charge is 0.493 e. The zero-order valence-electron chi connectivity index (χ0n) is 13.9. The number of rotatable bonds is 6. The maximum atomic E-state index is 11.4. The van der Waals surface area contributed by atoms with Crippen molar-refractivity contribution >= 4 is 23.8 Å². The minimum Gasteiger partial charge on any atom is -0.493 e. The molecule has 128 valence electrons. The number of hydrogen-bond donors (Lipinski definition) is 2. The van der Waals surface area contributed by atoms with Gasteiger partial charge in [0.2, 0.25) is 5.95 Å². The van der Waals surface area contributed by atoms with Gasteiger partial charge in [0.05, 0.1) is 24.5 Å². The van der Waals surface area contributed by atoms with E-state index in [4.69, 9.17) is 21.1 Å². The monoisotopic (exact) mass is 350 g/mol. The number of halogens is 1. The van der Waals surface area contributed by atoms with Crippen molar-refractivity contribution in [1.29, 1.82) is 0 Å². The molecule has 0 spiro atoms. The zero-order valence-corrected chi connectivity index (χ0v) is 14.6. The van der Waals surface area contributed by atoms with Gasteiger partial charge in [-0.15, -0.1) is 0 Å². The van der Waals surface area contributed by atoms with Crippen molar-refractivity contribution in [2.45, 2.75) is 26.9 Å². The Morgan fingerprint density at radius 1 is 1.38 bits per heavy atom. The Labute approximate surface area is 144 Å². The Balaban J connectivity index is 2.20. The van der Waals surface area contributed by atoms with E-state index in [0.29, 0.717) is 27.8 Å². The fraction of sp³-hybridized carbons (Fsp3) is 0.312. The van der Waals surface area contributed by atoms with E-state index < -0.39 is 0 Å². The molecule has 0 aliphatic carbocycles. The maximum Gasteiger partial charge on any atom is 0.252 e. The van der Waals surface area contributed by atoms with E-state index in [-0.39, 0.29) is 17.6 Å². The summed E-state index contributed by atoms with van der Waals surface area (Å²) in [5, 5.41) is 4.46. The van der Waals surface area contributed by atoms with Gasteiger partial charge in [-0.05, 0) is 38.5 Å². The van der Waals surface area contributed by atoms with Gasteiger partial charge < -0.3 is 9.47 Å². The minimum atomic E-state index is -0.250. The number of aryl methyl sites for hydroxylation is 1. The number of ether oxygens (including phenoxy) is 2. The molecule has 0 saturated heterocycles. The van der Waals surface area contributed by atoms with Crippen LogP contribution in [0.2, 0.25) is 5.02 Å². The van der Waals surface area contributed by atoms with E-state index in [2.05, 4.69) is 20.5 Å². The molecule has 24 heavy (non-hydrogen) atoms. The van der Waals surface area contributed by atoms with Crippen LogP contribution in [0.4, 0.5) is 5.95 Å². The second-order valence-corrected chi connectivity index (χ2v) is 5.71. The molecule has 7 nitrogen and oxygen atoms in total. The summed E-state index contributed by atoms with van der Waals surface area (Å²) in [6, 6.07) is 4.85. The van der Waals surface area contributed by atoms with E-state index in [1.807, 2.05) is 13.8 Å². The second kappa shape index (κ2) is 7.83. The molecule has 0 amide bonds. The van der Waals surface area contributed by atoms with Crippen LogP contribution in [0.3, 0.4) is 0 Å². The third-order valence-electron chi connectivity index (χ3n) is 2.86. The van der Waals surface area contributed by atoms with E-state index in [9.17, 15) is 4.79 Å². The Hall–Kier alpha value is -2.54. The third kappa shape index (κ3) is 4.73. The normalized spacial score (nSPS) is 11.1. The van der Waals surface area contributed by atoms with Crippen LogP contribution >= 0.6 is 11.6 Å².